The van der Waals surface area contributed by atoms with Gasteiger partial charge in [0, 0.05) is 19.3 Å². The van der Waals surface area contributed by atoms with E-state index in [4.69, 9.17) is 13.9 Å². The summed E-state index contributed by atoms with van der Waals surface area (Å²) >= 11 is 0. The van der Waals surface area contributed by atoms with E-state index in [1.165, 1.54) is 25.0 Å². The molecular weight excluding hydrogens is 384 g/mol. The predicted octanol–water partition coefficient (Wildman–Crippen LogP) is 3.78. The maximum absolute atomic E-state index is 11.8. The Hall–Kier alpha value is -1.82. The van der Waals surface area contributed by atoms with Crippen LogP contribution in [0.3, 0.4) is 0 Å². The van der Waals surface area contributed by atoms with E-state index in [9.17, 15) is 14.7 Å². The molecule has 1 aromatic rings. The minimum absolute atomic E-state index is 0.0166. The molecule has 30 heavy (non-hydrogen) atoms. The number of esters is 2. The van der Waals surface area contributed by atoms with E-state index < -0.39 is 23.6 Å². The van der Waals surface area contributed by atoms with Crippen LogP contribution in [0.5, 0.6) is 0 Å². The van der Waals surface area contributed by atoms with Crippen molar-refractivity contribution in [3.05, 3.63) is 23.7 Å². The van der Waals surface area contributed by atoms with Gasteiger partial charge in [-0.1, -0.05) is 20.8 Å². The third-order valence-electron chi connectivity index (χ3n) is 8.74. The van der Waals surface area contributed by atoms with Crippen LogP contribution in [0.2, 0.25) is 0 Å². The molecule has 6 nitrogen and oxygen atoms in total. The van der Waals surface area contributed by atoms with E-state index in [1.807, 2.05) is 19.5 Å². The smallest absolute Gasteiger partial charge is 0.302 e. The number of hydrogen-bond acceptors (Lipinski definition) is 6. The molecule has 3 aliphatic rings. The number of fused-ring (bicyclic) bond motifs is 5. The van der Waals surface area contributed by atoms with Gasteiger partial charge in [0.15, 0.2) is 0 Å². The fourth-order valence-electron chi connectivity index (χ4n) is 7.51. The molecule has 166 valence electrons. The lowest BCUT2D eigenvalue weighted by Crippen LogP contribution is -2.66. The maximum atomic E-state index is 11.8. The Bertz CT molecular complexity index is 845. The summed E-state index contributed by atoms with van der Waals surface area (Å²) in [6.45, 7) is 9.52. The topological polar surface area (TPSA) is 86.0 Å². The Morgan fingerprint density at radius 2 is 1.87 bits per heavy atom. The van der Waals surface area contributed by atoms with Crippen LogP contribution in [0.15, 0.2) is 16.9 Å². The van der Waals surface area contributed by atoms with Crippen molar-refractivity contribution in [2.45, 2.75) is 84.3 Å². The second-order valence-corrected chi connectivity index (χ2v) is 10.5. The van der Waals surface area contributed by atoms with E-state index in [0.717, 1.165) is 25.7 Å². The summed E-state index contributed by atoms with van der Waals surface area (Å²) in [4.78, 5) is 23.5. The van der Waals surface area contributed by atoms with Gasteiger partial charge in [0.25, 0.3) is 0 Å². The number of ether oxygens (including phenoxy) is 2. The summed E-state index contributed by atoms with van der Waals surface area (Å²) in [7, 11) is 0. The maximum Gasteiger partial charge on any atom is 0.302 e. The minimum Gasteiger partial charge on any atom is -0.472 e. The molecular formula is C24H34O6. The Morgan fingerprint density at radius 1 is 1.13 bits per heavy atom. The van der Waals surface area contributed by atoms with Crippen molar-refractivity contribution in [1.29, 1.82) is 0 Å². The highest BCUT2D eigenvalue weighted by molar-refractivity contribution is 5.66. The van der Waals surface area contributed by atoms with Gasteiger partial charge < -0.3 is 19.0 Å². The number of aliphatic hydroxyl groups excluding tert-OH is 1. The molecule has 3 aliphatic carbocycles. The van der Waals surface area contributed by atoms with Crippen LogP contribution in [0.1, 0.15) is 71.4 Å². The molecule has 0 unspecified atom stereocenters. The fourth-order valence-corrected chi connectivity index (χ4v) is 7.51. The lowest BCUT2D eigenvalue weighted by atomic mass is 9.40. The summed E-state index contributed by atoms with van der Waals surface area (Å²) in [5.41, 5.74) is 1.73. The Labute approximate surface area is 178 Å². The molecule has 2 fully saturated rings. The molecule has 0 spiro atoms. The predicted molar refractivity (Wildman–Crippen MR) is 110 cm³/mol. The average molecular weight is 419 g/mol. The van der Waals surface area contributed by atoms with Gasteiger partial charge in [0.05, 0.1) is 25.2 Å². The number of carbonyl (C=O) groups excluding carboxylic acids is 2. The summed E-state index contributed by atoms with van der Waals surface area (Å²) < 4.78 is 16.7. The molecule has 1 N–H and O–H groups in total. The number of furan rings is 1. The van der Waals surface area contributed by atoms with Crippen LogP contribution in [0, 0.1) is 22.7 Å². The van der Waals surface area contributed by atoms with Crippen LogP contribution in [-0.2, 0) is 30.9 Å². The average Bonchev–Trinajstić information content (AvgIpc) is 3.14. The van der Waals surface area contributed by atoms with Gasteiger partial charge in [0.1, 0.15) is 6.10 Å². The van der Waals surface area contributed by atoms with Gasteiger partial charge in [-0.05, 0) is 65.9 Å². The second-order valence-electron chi connectivity index (χ2n) is 10.5. The number of aryl methyl sites for hydroxylation is 1. The zero-order chi connectivity index (χ0) is 21.9. The molecule has 1 aromatic heterocycles. The quantitative estimate of drug-likeness (QED) is 0.752. The fraction of sp³-hybridized carbons (Fsp3) is 0.750. The van der Waals surface area contributed by atoms with Gasteiger partial charge in [-0.3, -0.25) is 9.59 Å². The van der Waals surface area contributed by atoms with Crippen molar-refractivity contribution in [3.8, 4) is 0 Å². The monoisotopic (exact) mass is 418 g/mol. The van der Waals surface area contributed by atoms with Gasteiger partial charge in [-0.2, -0.15) is 0 Å². The molecule has 0 aliphatic heterocycles. The highest BCUT2D eigenvalue weighted by atomic mass is 16.6. The zero-order valence-corrected chi connectivity index (χ0v) is 18.7. The molecule has 1 heterocycles. The SMILES string of the molecule is CC(=O)OC[C@]1(C)[C@@H]2CC[C@@]3(C)c4cocc4CC[C@@H]3[C@@]2(C)C[C@H](OC(C)=O)[C@@H]1O. The summed E-state index contributed by atoms with van der Waals surface area (Å²) in [5.74, 6) is -0.245. The number of hydrogen-bond donors (Lipinski definition) is 1. The first-order chi connectivity index (χ1) is 14.0. The molecule has 2 saturated carbocycles. The standard InChI is InChI=1S/C24H34O6/c1-14(25)29-13-24(5)20-8-9-22(3)17-12-28-11-16(17)6-7-19(22)23(20,4)10-18(21(24)27)30-15(2)26/h11-12,18-21,27H,6-10,13H2,1-5H3/t18-,19-,20+,21-,22-,23+,24+/m0/s1. The van der Waals surface area contributed by atoms with Gasteiger partial charge in [0.2, 0.25) is 0 Å². The molecule has 6 heteroatoms. The van der Waals surface area contributed by atoms with Crippen LogP contribution in [-0.4, -0.2) is 35.9 Å². The molecule has 0 aromatic carbocycles. The van der Waals surface area contributed by atoms with Gasteiger partial charge >= 0.3 is 11.9 Å². The normalized spacial score (nSPS) is 42.5. The van der Waals surface area contributed by atoms with Crippen LogP contribution >= 0.6 is 0 Å². The number of carbonyl (C=O) groups is 2. The van der Waals surface area contributed by atoms with Crippen molar-refractivity contribution >= 4 is 11.9 Å². The summed E-state index contributed by atoms with van der Waals surface area (Å²) in [5, 5.41) is 11.3. The molecule has 0 saturated heterocycles. The number of rotatable bonds is 3. The second kappa shape index (κ2) is 7.11. The van der Waals surface area contributed by atoms with Gasteiger partial charge in [-0.15, -0.1) is 0 Å². The Morgan fingerprint density at radius 3 is 2.53 bits per heavy atom. The molecule has 4 rings (SSSR count). The van der Waals surface area contributed by atoms with E-state index in [1.54, 1.807) is 0 Å². The largest absolute Gasteiger partial charge is 0.472 e. The third kappa shape index (κ3) is 3.02. The highest BCUT2D eigenvalue weighted by Gasteiger charge is 2.66. The molecule has 0 amide bonds. The molecule has 0 bridgehead atoms. The summed E-state index contributed by atoms with van der Waals surface area (Å²) in [6, 6.07) is 0. The highest BCUT2D eigenvalue weighted by Crippen LogP contribution is 2.67. The first-order valence-electron chi connectivity index (χ1n) is 11.1. The van der Waals surface area contributed by atoms with E-state index in [0.29, 0.717) is 12.3 Å². The Kier molecular flexibility index (Phi) is 5.08. The van der Waals surface area contributed by atoms with Crippen LogP contribution < -0.4 is 0 Å². The lowest BCUT2D eigenvalue weighted by molar-refractivity contribution is -0.231. The van der Waals surface area contributed by atoms with Crippen molar-refractivity contribution in [1.82, 2.24) is 0 Å². The molecule has 7 atom stereocenters. The van der Waals surface area contributed by atoms with Crippen molar-refractivity contribution in [3.63, 3.8) is 0 Å². The van der Waals surface area contributed by atoms with Crippen LogP contribution in [0.25, 0.3) is 0 Å². The first kappa shape index (κ1) is 21.4. The minimum atomic E-state index is -0.878. The number of aliphatic hydroxyl groups is 1. The van der Waals surface area contributed by atoms with Crippen LogP contribution in [0.4, 0.5) is 0 Å². The van der Waals surface area contributed by atoms with Crippen molar-refractivity contribution < 1.29 is 28.6 Å². The zero-order valence-electron chi connectivity index (χ0n) is 18.7. The van der Waals surface area contributed by atoms with E-state index in [-0.39, 0.29) is 29.3 Å². The van der Waals surface area contributed by atoms with E-state index >= 15 is 0 Å². The third-order valence-corrected chi connectivity index (χ3v) is 8.74. The van der Waals surface area contributed by atoms with Crippen molar-refractivity contribution in [2.24, 2.45) is 22.7 Å². The first-order valence-corrected chi connectivity index (χ1v) is 11.1. The van der Waals surface area contributed by atoms with Gasteiger partial charge in [-0.25, -0.2) is 0 Å². The lowest BCUT2D eigenvalue weighted by Gasteiger charge is -2.65. The summed E-state index contributed by atoms with van der Waals surface area (Å²) in [6.07, 6.45) is 6.81. The Balaban J connectivity index is 1.77. The van der Waals surface area contributed by atoms with E-state index in [2.05, 4.69) is 13.8 Å². The van der Waals surface area contributed by atoms with Crippen molar-refractivity contribution in [2.75, 3.05) is 6.61 Å². The molecule has 0 radical (unpaired) electrons.